The Balaban J connectivity index is 2.15. The second kappa shape index (κ2) is 8.70. The number of nitrogens with zero attached hydrogens (tertiary/aromatic N) is 4. The van der Waals surface area contributed by atoms with Crippen molar-refractivity contribution in [3.63, 3.8) is 0 Å². The van der Waals surface area contributed by atoms with E-state index >= 15 is 0 Å². The maximum atomic E-state index is 14.5. The van der Waals surface area contributed by atoms with Gasteiger partial charge in [0, 0.05) is 18.8 Å². The van der Waals surface area contributed by atoms with Gasteiger partial charge in [-0.3, -0.25) is 0 Å². The van der Waals surface area contributed by atoms with Crippen molar-refractivity contribution in [2.24, 2.45) is 5.41 Å². The summed E-state index contributed by atoms with van der Waals surface area (Å²) in [6.07, 6.45) is 0.0816. The van der Waals surface area contributed by atoms with E-state index in [-0.39, 0.29) is 39.8 Å². The molecule has 0 spiro atoms. The van der Waals surface area contributed by atoms with Gasteiger partial charge < -0.3 is 10.0 Å². The van der Waals surface area contributed by atoms with Crippen molar-refractivity contribution < 1.29 is 22.7 Å². The van der Waals surface area contributed by atoms with Crippen LogP contribution in [-0.4, -0.2) is 45.8 Å². The molecule has 1 N–H and O–H groups in total. The molecule has 1 aromatic carbocycles. The number of aromatic nitrogens is 3. The van der Waals surface area contributed by atoms with Crippen molar-refractivity contribution in [2.45, 2.75) is 44.2 Å². The molecule has 0 bridgehead atoms. The van der Waals surface area contributed by atoms with Crippen LogP contribution < -0.4 is 0 Å². The molecule has 0 saturated heterocycles. The standard InChI is InChI=1S/C22H25FN4O4S/c1-15-7-5-8-17(11-15)32(30,31)19-12-16(13-26(21(28)29)14-22(2,3)4)25-27(19)18-9-6-10-24-20(18)23/h5-12H,13-14H2,1-4H3,(H,28,29). The minimum atomic E-state index is -4.09. The van der Waals surface area contributed by atoms with Gasteiger partial charge in [-0.1, -0.05) is 32.9 Å². The molecular formula is C22H25FN4O4S. The largest absolute Gasteiger partial charge is 0.465 e. The van der Waals surface area contributed by atoms with Gasteiger partial charge >= 0.3 is 6.09 Å². The Morgan fingerprint density at radius 3 is 2.50 bits per heavy atom. The third-order valence-electron chi connectivity index (χ3n) is 4.56. The fourth-order valence-electron chi connectivity index (χ4n) is 3.25. The van der Waals surface area contributed by atoms with Gasteiger partial charge in [0.2, 0.25) is 15.8 Å². The molecule has 0 radical (unpaired) electrons. The average Bonchev–Trinajstić information content (AvgIpc) is 3.11. The highest BCUT2D eigenvalue weighted by Crippen LogP contribution is 2.27. The number of rotatable bonds is 6. The van der Waals surface area contributed by atoms with Gasteiger partial charge in [0.05, 0.1) is 17.1 Å². The Morgan fingerprint density at radius 1 is 1.19 bits per heavy atom. The number of carbonyl (C=O) groups is 1. The molecule has 0 fully saturated rings. The molecule has 0 aliphatic rings. The van der Waals surface area contributed by atoms with Crippen molar-refractivity contribution in [3.05, 3.63) is 65.9 Å². The van der Waals surface area contributed by atoms with Crippen LogP contribution in [0.15, 0.2) is 58.6 Å². The van der Waals surface area contributed by atoms with Crippen LogP contribution >= 0.6 is 0 Å². The monoisotopic (exact) mass is 460 g/mol. The van der Waals surface area contributed by atoms with Gasteiger partial charge in [-0.25, -0.2) is 22.9 Å². The number of sulfone groups is 1. The number of pyridine rings is 1. The normalized spacial score (nSPS) is 12.0. The molecule has 3 aromatic rings. The molecule has 0 aliphatic heterocycles. The summed E-state index contributed by atoms with van der Waals surface area (Å²) in [4.78, 5) is 16.5. The molecule has 2 heterocycles. The third-order valence-corrected chi connectivity index (χ3v) is 6.27. The summed E-state index contributed by atoms with van der Waals surface area (Å²) in [6, 6.07) is 10.4. The zero-order valence-electron chi connectivity index (χ0n) is 18.3. The quantitative estimate of drug-likeness (QED) is 0.556. The maximum Gasteiger partial charge on any atom is 0.407 e. The third kappa shape index (κ3) is 5.13. The van der Waals surface area contributed by atoms with Crippen LogP contribution in [0.2, 0.25) is 0 Å². The van der Waals surface area contributed by atoms with Gasteiger partial charge in [-0.2, -0.15) is 9.49 Å². The molecule has 3 rings (SSSR count). The smallest absolute Gasteiger partial charge is 0.407 e. The van der Waals surface area contributed by atoms with Crippen molar-refractivity contribution >= 4 is 15.9 Å². The fourth-order valence-corrected chi connectivity index (χ4v) is 4.75. The van der Waals surface area contributed by atoms with Crippen LogP contribution in [0.4, 0.5) is 9.18 Å². The van der Waals surface area contributed by atoms with Crippen molar-refractivity contribution in [2.75, 3.05) is 6.54 Å². The number of hydrogen-bond acceptors (Lipinski definition) is 5. The molecule has 32 heavy (non-hydrogen) atoms. The summed E-state index contributed by atoms with van der Waals surface area (Å²) in [6.45, 7) is 7.48. The van der Waals surface area contributed by atoms with E-state index in [1.54, 1.807) is 19.1 Å². The minimum Gasteiger partial charge on any atom is -0.465 e. The van der Waals surface area contributed by atoms with Crippen LogP contribution in [0.5, 0.6) is 0 Å². The zero-order chi connectivity index (χ0) is 23.7. The first-order chi connectivity index (χ1) is 14.9. The first kappa shape index (κ1) is 23.4. The van der Waals surface area contributed by atoms with Gasteiger partial charge in [0.25, 0.3) is 0 Å². The Bertz CT molecular complexity index is 1250. The highest BCUT2D eigenvalue weighted by atomic mass is 32.2. The first-order valence-electron chi connectivity index (χ1n) is 9.88. The van der Waals surface area contributed by atoms with Gasteiger partial charge in [0.15, 0.2) is 5.03 Å². The zero-order valence-corrected chi connectivity index (χ0v) is 19.1. The summed E-state index contributed by atoms with van der Waals surface area (Å²) in [5.41, 5.74) is 0.438. The van der Waals surface area contributed by atoms with Gasteiger partial charge in [-0.05, 0) is 42.2 Å². The van der Waals surface area contributed by atoms with Crippen LogP contribution in [0.1, 0.15) is 32.0 Å². The summed E-state index contributed by atoms with van der Waals surface area (Å²) in [5, 5.41) is 13.6. The Hall–Kier alpha value is -3.27. The van der Waals surface area contributed by atoms with Gasteiger partial charge in [-0.15, -0.1) is 0 Å². The van der Waals surface area contributed by atoms with Crippen molar-refractivity contribution in [1.82, 2.24) is 19.7 Å². The highest BCUT2D eigenvalue weighted by molar-refractivity contribution is 7.91. The Kier molecular flexibility index (Phi) is 6.36. The van der Waals surface area contributed by atoms with Crippen LogP contribution in [0.3, 0.4) is 0 Å². The number of halogens is 1. The number of aryl methyl sites for hydroxylation is 1. The topological polar surface area (TPSA) is 105 Å². The number of hydrogen-bond donors (Lipinski definition) is 1. The van der Waals surface area contributed by atoms with E-state index < -0.39 is 21.9 Å². The average molecular weight is 461 g/mol. The molecule has 0 unspecified atom stereocenters. The fraction of sp³-hybridized carbons (Fsp3) is 0.318. The maximum absolute atomic E-state index is 14.5. The van der Waals surface area contributed by atoms with E-state index in [1.165, 1.54) is 36.5 Å². The second-order valence-electron chi connectivity index (χ2n) is 8.72. The molecule has 170 valence electrons. The van der Waals surface area contributed by atoms with E-state index in [1.807, 2.05) is 20.8 Å². The molecule has 0 saturated carbocycles. The predicted molar refractivity (Wildman–Crippen MR) is 116 cm³/mol. The van der Waals surface area contributed by atoms with E-state index in [9.17, 15) is 22.7 Å². The molecule has 0 aliphatic carbocycles. The molecule has 8 nitrogen and oxygen atoms in total. The van der Waals surface area contributed by atoms with E-state index in [2.05, 4.69) is 10.1 Å². The summed E-state index contributed by atoms with van der Waals surface area (Å²) in [7, 11) is -4.09. The van der Waals surface area contributed by atoms with E-state index in [0.717, 1.165) is 15.1 Å². The summed E-state index contributed by atoms with van der Waals surface area (Å²) < 4.78 is 42.3. The van der Waals surface area contributed by atoms with E-state index in [4.69, 9.17) is 0 Å². The van der Waals surface area contributed by atoms with Gasteiger partial charge in [0.1, 0.15) is 5.69 Å². The summed E-state index contributed by atoms with van der Waals surface area (Å²) >= 11 is 0. The predicted octanol–water partition coefficient (Wildman–Crippen LogP) is 4.07. The number of benzene rings is 1. The molecule has 0 atom stereocenters. The lowest BCUT2D eigenvalue weighted by Gasteiger charge is -2.27. The lowest BCUT2D eigenvalue weighted by atomic mass is 9.96. The first-order valence-corrected chi connectivity index (χ1v) is 11.4. The molecule has 1 amide bonds. The number of amides is 1. The molecular weight excluding hydrogens is 435 g/mol. The molecule has 10 heteroatoms. The lowest BCUT2D eigenvalue weighted by molar-refractivity contribution is 0.122. The van der Waals surface area contributed by atoms with Crippen molar-refractivity contribution in [1.29, 1.82) is 0 Å². The SMILES string of the molecule is Cc1cccc(S(=O)(=O)c2cc(CN(CC(C)(C)C)C(=O)O)nn2-c2cccnc2F)c1. The Labute approximate surface area is 186 Å². The lowest BCUT2D eigenvalue weighted by Crippen LogP contribution is -2.36. The van der Waals surface area contributed by atoms with E-state index in [0.29, 0.717) is 0 Å². The number of carboxylic acid groups (broad SMARTS) is 1. The minimum absolute atomic E-state index is 0.0271. The Morgan fingerprint density at radius 2 is 1.91 bits per heavy atom. The van der Waals surface area contributed by atoms with Crippen LogP contribution in [0.25, 0.3) is 5.69 Å². The summed E-state index contributed by atoms with van der Waals surface area (Å²) in [5.74, 6) is -0.896. The van der Waals surface area contributed by atoms with Crippen LogP contribution in [0, 0.1) is 18.3 Å². The van der Waals surface area contributed by atoms with Crippen molar-refractivity contribution in [3.8, 4) is 5.69 Å². The second-order valence-corrected chi connectivity index (χ2v) is 10.6. The molecule has 2 aromatic heterocycles. The highest BCUT2D eigenvalue weighted by Gasteiger charge is 2.28. The van der Waals surface area contributed by atoms with Crippen LogP contribution in [-0.2, 0) is 16.4 Å².